The lowest BCUT2D eigenvalue weighted by atomic mass is 10.4. The molecule has 0 aromatic carbocycles. The standard InChI is InChI=1S/C10H8N4OS/c1-7-11-12-10-14(7)13-9(16-10)5-4-8-3-2-6-15-8/h2-6H,1H3. The van der Waals surface area contributed by atoms with E-state index in [0.29, 0.717) is 0 Å². The minimum absolute atomic E-state index is 0.795. The molecule has 0 radical (unpaired) electrons. The van der Waals surface area contributed by atoms with Crippen molar-refractivity contribution in [1.82, 2.24) is 19.8 Å². The highest BCUT2D eigenvalue weighted by atomic mass is 32.1. The summed E-state index contributed by atoms with van der Waals surface area (Å²) in [6.07, 6.45) is 5.42. The van der Waals surface area contributed by atoms with Crippen molar-refractivity contribution in [3.05, 3.63) is 35.0 Å². The second kappa shape index (κ2) is 3.57. The number of fused-ring (bicyclic) bond motifs is 1. The highest BCUT2D eigenvalue weighted by Crippen LogP contribution is 2.16. The predicted molar refractivity (Wildman–Crippen MR) is 61.0 cm³/mol. The first-order valence-electron chi connectivity index (χ1n) is 4.73. The first-order chi connectivity index (χ1) is 7.83. The summed E-state index contributed by atoms with van der Waals surface area (Å²) in [5.41, 5.74) is 0. The number of rotatable bonds is 2. The molecule has 0 atom stereocenters. The van der Waals surface area contributed by atoms with Gasteiger partial charge >= 0.3 is 0 Å². The molecule has 0 aliphatic heterocycles. The number of aryl methyl sites for hydroxylation is 1. The molecule has 0 aliphatic carbocycles. The lowest BCUT2D eigenvalue weighted by Crippen LogP contribution is -1.87. The molecule has 0 spiro atoms. The molecular formula is C10H8N4OS. The lowest BCUT2D eigenvalue weighted by Gasteiger charge is -1.83. The smallest absolute Gasteiger partial charge is 0.234 e. The van der Waals surface area contributed by atoms with Gasteiger partial charge in [-0.05, 0) is 31.2 Å². The minimum Gasteiger partial charge on any atom is -0.465 e. The van der Waals surface area contributed by atoms with Gasteiger partial charge < -0.3 is 4.42 Å². The van der Waals surface area contributed by atoms with Gasteiger partial charge in [0.15, 0.2) is 5.82 Å². The zero-order chi connectivity index (χ0) is 11.0. The van der Waals surface area contributed by atoms with Gasteiger partial charge in [0, 0.05) is 0 Å². The summed E-state index contributed by atoms with van der Waals surface area (Å²) >= 11 is 1.49. The zero-order valence-electron chi connectivity index (χ0n) is 8.49. The second-order valence-corrected chi connectivity index (χ2v) is 4.22. The lowest BCUT2D eigenvalue weighted by molar-refractivity contribution is 0.557. The van der Waals surface area contributed by atoms with E-state index in [0.717, 1.165) is 21.6 Å². The third-order valence-corrected chi connectivity index (χ3v) is 2.96. The molecule has 0 fully saturated rings. The van der Waals surface area contributed by atoms with Crippen molar-refractivity contribution in [3.8, 4) is 0 Å². The van der Waals surface area contributed by atoms with Crippen molar-refractivity contribution in [2.45, 2.75) is 6.92 Å². The summed E-state index contributed by atoms with van der Waals surface area (Å²) in [6, 6.07) is 3.74. The van der Waals surface area contributed by atoms with E-state index in [9.17, 15) is 0 Å². The van der Waals surface area contributed by atoms with Gasteiger partial charge in [0.2, 0.25) is 4.96 Å². The highest BCUT2D eigenvalue weighted by molar-refractivity contribution is 7.17. The summed E-state index contributed by atoms with van der Waals surface area (Å²) in [5.74, 6) is 1.60. The van der Waals surface area contributed by atoms with Gasteiger partial charge in [-0.3, -0.25) is 0 Å². The molecule has 0 bridgehead atoms. The molecule has 0 saturated heterocycles. The van der Waals surface area contributed by atoms with Gasteiger partial charge in [-0.25, -0.2) is 0 Å². The third kappa shape index (κ3) is 1.53. The molecule has 6 heteroatoms. The Morgan fingerprint density at radius 2 is 2.31 bits per heavy atom. The van der Waals surface area contributed by atoms with Gasteiger partial charge in [-0.1, -0.05) is 11.3 Å². The average Bonchev–Trinajstić information content (AvgIpc) is 2.95. The fourth-order valence-corrected chi connectivity index (χ4v) is 2.12. The molecule has 3 aromatic heterocycles. The van der Waals surface area contributed by atoms with Crippen LogP contribution < -0.4 is 0 Å². The normalized spacial score (nSPS) is 11.8. The molecule has 80 valence electrons. The van der Waals surface area contributed by atoms with Crippen LogP contribution in [0.3, 0.4) is 0 Å². The predicted octanol–water partition coefficient (Wildman–Crippen LogP) is 2.26. The summed E-state index contributed by atoms with van der Waals surface area (Å²) < 4.78 is 6.92. The maximum atomic E-state index is 5.19. The largest absolute Gasteiger partial charge is 0.465 e. The van der Waals surface area contributed by atoms with Crippen LogP contribution >= 0.6 is 11.3 Å². The van der Waals surface area contributed by atoms with Crippen molar-refractivity contribution in [1.29, 1.82) is 0 Å². The van der Waals surface area contributed by atoms with Crippen LogP contribution in [-0.2, 0) is 0 Å². The molecule has 16 heavy (non-hydrogen) atoms. The van der Waals surface area contributed by atoms with Gasteiger partial charge in [0.25, 0.3) is 0 Å². The molecule has 0 aliphatic rings. The van der Waals surface area contributed by atoms with Crippen LogP contribution in [0, 0.1) is 6.92 Å². The fourth-order valence-electron chi connectivity index (χ4n) is 1.34. The maximum absolute atomic E-state index is 5.19. The van der Waals surface area contributed by atoms with E-state index in [2.05, 4.69) is 15.3 Å². The van der Waals surface area contributed by atoms with E-state index in [1.54, 1.807) is 10.8 Å². The Hall–Kier alpha value is -1.95. The van der Waals surface area contributed by atoms with Crippen LogP contribution in [-0.4, -0.2) is 19.8 Å². The van der Waals surface area contributed by atoms with Gasteiger partial charge in [0.05, 0.1) is 6.26 Å². The van der Waals surface area contributed by atoms with E-state index in [-0.39, 0.29) is 0 Å². The molecule has 3 heterocycles. The Morgan fingerprint density at radius 3 is 3.06 bits per heavy atom. The van der Waals surface area contributed by atoms with Crippen LogP contribution in [0.15, 0.2) is 22.8 Å². The number of hydrogen-bond acceptors (Lipinski definition) is 5. The molecule has 0 unspecified atom stereocenters. The molecular weight excluding hydrogens is 224 g/mol. The van der Waals surface area contributed by atoms with E-state index in [1.165, 1.54) is 11.3 Å². The molecule has 0 amide bonds. The number of furan rings is 1. The monoisotopic (exact) mass is 232 g/mol. The van der Waals surface area contributed by atoms with Crippen LogP contribution in [0.2, 0.25) is 0 Å². The topological polar surface area (TPSA) is 56.2 Å². The average molecular weight is 232 g/mol. The quantitative estimate of drug-likeness (QED) is 0.680. The second-order valence-electron chi connectivity index (χ2n) is 3.23. The SMILES string of the molecule is Cc1nnc2sc(C=Cc3ccco3)nn12. The molecule has 0 saturated carbocycles. The van der Waals surface area contributed by atoms with Crippen LogP contribution in [0.5, 0.6) is 0 Å². The molecule has 3 rings (SSSR count). The first kappa shape index (κ1) is 9.29. The first-order valence-corrected chi connectivity index (χ1v) is 5.55. The fraction of sp³-hybridized carbons (Fsp3) is 0.100. The summed E-state index contributed by atoms with van der Waals surface area (Å²) in [6.45, 7) is 1.87. The van der Waals surface area contributed by atoms with Gasteiger partial charge in [-0.2, -0.15) is 9.61 Å². The molecule has 0 N–H and O–H groups in total. The Kier molecular flexibility index (Phi) is 2.07. The minimum atomic E-state index is 0.795. The summed E-state index contributed by atoms with van der Waals surface area (Å²) in [5, 5.41) is 13.2. The Labute approximate surface area is 95.0 Å². The van der Waals surface area contributed by atoms with Crippen molar-refractivity contribution >= 4 is 28.4 Å². The molecule has 3 aromatic rings. The van der Waals surface area contributed by atoms with Crippen molar-refractivity contribution < 1.29 is 4.42 Å². The Bertz CT molecular complexity index is 635. The molecule has 5 nitrogen and oxygen atoms in total. The van der Waals surface area contributed by atoms with Crippen molar-refractivity contribution in [2.75, 3.05) is 0 Å². The third-order valence-electron chi connectivity index (χ3n) is 2.10. The highest BCUT2D eigenvalue weighted by Gasteiger charge is 2.05. The van der Waals surface area contributed by atoms with Crippen LogP contribution in [0.25, 0.3) is 17.1 Å². The van der Waals surface area contributed by atoms with E-state index in [4.69, 9.17) is 4.42 Å². The van der Waals surface area contributed by atoms with Gasteiger partial charge in [-0.15, -0.1) is 10.2 Å². The summed E-state index contributed by atoms with van der Waals surface area (Å²) in [7, 11) is 0. The maximum Gasteiger partial charge on any atom is 0.234 e. The van der Waals surface area contributed by atoms with Crippen LogP contribution in [0.4, 0.5) is 0 Å². The number of aromatic nitrogens is 4. The van der Waals surface area contributed by atoms with Crippen molar-refractivity contribution in [3.63, 3.8) is 0 Å². The summed E-state index contributed by atoms with van der Waals surface area (Å²) in [4.78, 5) is 0.802. The van der Waals surface area contributed by atoms with Gasteiger partial charge in [0.1, 0.15) is 10.8 Å². The number of nitrogens with zero attached hydrogens (tertiary/aromatic N) is 4. The van der Waals surface area contributed by atoms with E-state index >= 15 is 0 Å². The van der Waals surface area contributed by atoms with E-state index in [1.807, 2.05) is 31.2 Å². The van der Waals surface area contributed by atoms with Crippen LogP contribution in [0.1, 0.15) is 16.6 Å². The van der Waals surface area contributed by atoms with Crippen molar-refractivity contribution in [2.24, 2.45) is 0 Å². The zero-order valence-corrected chi connectivity index (χ0v) is 9.31. The Morgan fingerprint density at radius 1 is 1.38 bits per heavy atom. The van der Waals surface area contributed by atoms with E-state index < -0.39 is 0 Å². The number of hydrogen-bond donors (Lipinski definition) is 0. The Balaban J connectivity index is 1.95.